The Bertz CT molecular complexity index is 579. The number of carbonyl (C=O) groups excluding carboxylic acids is 1. The third kappa shape index (κ3) is 3.42. The van der Waals surface area contributed by atoms with Gasteiger partial charge in [0.1, 0.15) is 0 Å². The van der Waals surface area contributed by atoms with Crippen LogP contribution in [0.2, 0.25) is 0 Å². The number of benzene rings is 1. The summed E-state index contributed by atoms with van der Waals surface area (Å²) in [6.45, 7) is 0.722. The Labute approximate surface area is 116 Å². The van der Waals surface area contributed by atoms with Crippen LogP contribution in [0.1, 0.15) is 19.3 Å². The maximum absolute atomic E-state index is 11.8. The van der Waals surface area contributed by atoms with Crippen LogP contribution < -0.4 is 10.6 Å². The highest BCUT2D eigenvalue weighted by Gasteiger charge is 2.20. The van der Waals surface area contributed by atoms with E-state index in [1.54, 1.807) is 0 Å². The van der Waals surface area contributed by atoms with Crippen molar-refractivity contribution in [3.63, 3.8) is 0 Å². The topological polar surface area (TPSA) is 80.0 Å². The summed E-state index contributed by atoms with van der Waals surface area (Å²) < 4.78 is 5.13. The SMILES string of the molecule is O=C(CCNC1CC1)Nc1cccc(-c2nnco2)c1. The normalized spacial score (nSPS) is 14.2. The molecule has 6 nitrogen and oxygen atoms in total. The fourth-order valence-electron chi connectivity index (χ4n) is 1.93. The molecule has 1 aromatic heterocycles. The van der Waals surface area contributed by atoms with Gasteiger partial charge in [0.25, 0.3) is 0 Å². The van der Waals surface area contributed by atoms with Gasteiger partial charge in [-0.3, -0.25) is 4.79 Å². The average Bonchev–Trinajstić information content (AvgIpc) is 3.10. The van der Waals surface area contributed by atoms with E-state index in [0.29, 0.717) is 18.4 Å². The van der Waals surface area contributed by atoms with E-state index in [4.69, 9.17) is 4.42 Å². The summed E-state index contributed by atoms with van der Waals surface area (Å²) in [6.07, 6.45) is 4.22. The summed E-state index contributed by atoms with van der Waals surface area (Å²) in [5.74, 6) is 0.442. The Morgan fingerprint density at radius 2 is 2.30 bits per heavy atom. The molecule has 1 aliphatic carbocycles. The van der Waals surface area contributed by atoms with Crippen molar-refractivity contribution in [1.29, 1.82) is 0 Å². The monoisotopic (exact) mass is 272 g/mol. The highest BCUT2D eigenvalue weighted by molar-refractivity contribution is 5.91. The van der Waals surface area contributed by atoms with Gasteiger partial charge in [-0.1, -0.05) is 6.07 Å². The van der Waals surface area contributed by atoms with Gasteiger partial charge in [-0.2, -0.15) is 0 Å². The minimum atomic E-state index is 0.000768. The molecule has 1 fully saturated rings. The van der Waals surface area contributed by atoms with Gasteiger partial charge >= 0.3 is 0 Å². The molecule has 2 aromatic rings. The molecular formula is C14H16N4O2. The van der Waals surface area contributed by atoms with Crippen molar-refractivity contribution in [3.8, 4) is 11.5 Å². The number of nitrogens with one attached hydrogen (secondary N) is 2. The lowest BCUT2D eigenvalue weighted by molar-refractivity contribution is -0.116. The van der Waals surface area contributed by atoms with Gasteiger partial charge in [0.05, 0.1) is 0 Å². The number of hydrogen-bond acceptors (Lipinski definition) is 5. The first-order chi connectivity index (χ1) is 9.81. The Morgan fingerprint density at radius 1 is 1.40 bits per heavy atom. The molecule has 1 saturated carbocycles. The molecule has 0 atom stereocenters. The van der Waals surface area contributed by atoms with Crippen LogP contribution in [-0.2, 0) is 4.79 Å². The Balaban J connectivity index is 1.56. The highest BCUT2D eigenvalue weighted by atomic mass is 16.4. The van der Waals surface area contributed by atoms with Crippen molar-refractivity contribution >= 4 is 11.6 Å². The molecule has 1 aromatic carbocycles. The predicted octanol–water partition coefficient (Wildman–Crippen LogP) is 1.82. The van der Waals surface area contributed by atoms with Gasteiger partial charge in [-0.15, -0.1) is 10.2 Å². The molecule has 0 bridgehead atoms. The Hall–Kier alpha value is -2.21. The number of nitrogens with zero attached hydrogens (tertiary/aromatic N) is 2. The maximum Gasteiger partial charge on any atom is 0.247 e. The van der Waals surface area contributed by atoms with Crippen LogP contribution in [-0.4, -0.2) is 28.7 Å². The van der Waals surface area contributed by atoms with Crippen LogP contribution in [0.3, 0.4) is 0 Å². The minimum absolute atomic E-state index is 0.000768. The quantitative estimate of drug-likeness (QED) is 0.838. The van der Waals surface area contributed by atoms with E-state index < -0.39 is 0 Å². The molecule has 1 amide bonds. The zero-order chi connectivity index (χ0) is 13.8. The standard InChI is InChI=1S/C14H16N4O2/c19-13(6-7-15-11-4-5-11)17-12-3-1-2-10(8-12)14-18-16-9-20-14/h1-3,8-9,11,15H,4-7H2,(H,17,19). The predicted molar refractivity (Wildman–Crippen MR) is 74.0 cm³/mol. The number of anilines is 1. The second-order valence-electron chi connectivity index (χ2n) is 4.85. The van der Waals surface area contributed by atoms with Gasteiger partial charge in [-0.05, 0) is 31.0 Å². The summed E-state index contributed by atoms with van der Waals surface area (Å²) >= 11 is 0. The van der Waals surface area contributed by atoms with E-state index in [-0.39, 0.29) is 5.91 Å². The molecule has 0 saturated heterocycles. The van der Waals surface area contributed by atoms with Gasteiger partial charge in [0.2, 0.25) is 18.2 Å². The molecule has 6 heteroatoms. The molecule has 3 rings (SSSR count). The van der Waals surface area contributed by atoms with Crippen LogP contribution in [0.4, 0.5) is 5.69 Å². The van der Waals surface area contributed by atoms with Crippen LogP contribution >= 0.6 is 0 Å². The largest absolute Gasteiger partial charge is 0.423 e. The third-order valence-electron chi connectivity index (χ3n) is 3.12. The van der Waals surface area contributed by atoms with Gasteiger partial charge in [-0.25, -0.2) is 0 Å². The zero-order valence-corrected chi connectivity index (χ0v) is 11.0. The van der Waals surface area contributed by atoms with E-state index >= 15 is 0 Å². The number of carbonyl (C=O) groups is 1. The van der Waals surface area contributed by atoms with Crippen molar-refractivity contribution in [2.24, 2.45) is 0 Å². The summed E-state index contributed by atoms with van der Waals surface area (Å²) in [5.41, 5.74) is 1.52. The van der Waals surface area contributed by atoms with Crippen LogP contribution in [0.5, 0.6) is 0 Å². The minimum Gasteiger partial charge on any atom is -0.423 e. The summed E-state index contributed by atoms with van der Waals surface area (Å²) in [6, 6.07) is 7.99. The van der Waals surface area contributed by atoms with E-state index in [1.807, 2.05) is 24.3 Å². The number of rotatable bonds is 6. The number of amides is 1. The molecule has 2 N–H and O–H groups in total. The Morgan fingerprint density at radius 3 is 3.05 bits per heavy atom. The van der Waals surface area contributed by atoms with E-state index in [2.05, 4.69) is 20.8 Å². The first kappa shape index (κ1) is 12.8. The fraction of sp³-hybridized carbons (Fsp3) is 0.357. The van der Waals surface area contributed by atoms with E-state index in [1.165, 1.54) is 19.2 Å². The molecule has 20 heavy (non-hydrogen) atoms. The van der Waals surface area contributed by atoms with Crippen molar-refractivity contribution in [2.45, 2.75) is 25.3 Å². The first-order valence-corrected chi connectivity index (χ1v) is 6.71. The van der Waals surface area contributed by atoms with E-state index in [9.17, 15) is 4.79 Å². The lowest BCUT2D eigenvalue weighted by atomic mass is 10.2. The van der Waals surface area contributed by atoms with Gasteiger partial charge < -0.3 is 15.1 Å². The smallest absolute Gasteiger partial charge is 0.247 e. The summed E-state index contributed by atoms with van der Waals surface area (Å²) in [5, 5.41) is 13.7. The van der Waals surface area contributed by atoms with E-state index in [0.717, 1.165) is 17.8 Å². The lowest BCUT2D eigenvalue weighted by Crippen LogP contribution is -2.23. The molecule has 104 valence electrons. The van der Waals surface area contributed by atoms with Crippen LogP contribution in [0.25, 0.3) is 11.5 Å². The van der Waals surface area contributed by atoms with Crippen molar-refractivity contribution in [3.05, 3.63) is 30.7 Å². The van der Waals surface area contributed by atoms with Gasteiger partial charge in [0.15, 0.2) is 0 Å². The van der Waals surface area contributed by atoms with Crippen molar-refractivity contribution in [2.75, 3.05) is 11.9 Å². The second kappa shape index (κ2) is 5.83. The molecule has 1 aliphatic rings. The van der Waals surface area contributed by atoms with Crippen molar-refractivity contribution < 1.29 is 9.21 Å². The summed E-state index contributed by atoms with van der Waals surface area (Å²) in [4.78, 5) is 11.8. The van der Waals surface area contributed by atoms with Crippen LogP contribution in [0, 0.1) is 0 Å². The van der Waals surface area contributed by atoms with Crippen molar-refractivity contribution in [1.82, 2.24) is 15.5 Å². The van der Waals surface area contributed by atoms with Gasteiger partial charge in [0, 0.05) is 30.3 Å². The molecular weight excluding hydrogens is 256 g/mol. The second-order valence-corrected chi connectivity index (χ2v) is 4.85. The summed E-state index contributed by atoms with van der Waals surface area (Å²) in [7, 11) is 0. The fourth-order valence-corrected chi connectivity index (χ4v) is 1.93. The third-order valence-corrected chi connectivity index (χ3v) is 3.12. The highest BCUT2D eigenvalue weighted by Crippen LogP contribution is 2.20. The first-order valence-electron chi connectivity index (χ1n) is 6.71. The maximum atomic E-state index is 11.8. The van der Waals surface area contributed by atoms with Crippen LogP contribution in [0.15, 0.2) is 35.1 Å². The molecule has 0 unspecified atom stereocenters. The Kier molecular flexibility index (Phi) is 3.73. The molecule has 0 radical (unpaired) electrons. The average molecular weight is 272 g/mol. The number of hydrogen-bond donors (Lipinski definition) is 2. The molecule has 0 spiro atoms. The lowest BCUT2D eigenvalue weighted by Gasteiger charge is -2.06. The molecule has 1 heterocycles. The number of aromatic nitrogens is 2. The zero-order valence-electron chi connectivity index (χ0n) is 11.0. The molecule has 0 aliphatic heterocycles.